The zero-order valence-corrected chi connectivity index (χ0v) is 9.85. The van der Waals surface area contributed by atoms with Crippen LogP contribution in [0, 0.1) is 5.92 Å². The Morgan fingerprint density at radius 3 is 2.46 bits per heavy atom. The van der Waals surface area contributed by atoms with Gasteiger partial charge in [-0.3, -0.25) is 4.79 Å². The van der Waals surface area contributed by atoms with Gasteiger partial charge in [0.05, 0.1) is 5.92 Å². The number of ether oxygens (including phenoxy) is 1. The number of halogens is 1. The second-order valence-corrected chi connectivity index (χ2v) is 4.86. The second kappa shape index (κ2) is 3.82. The first-order chi connectivity index (χ1) is 5.92. The molecular formula is C10H15BrO2. The Kier molecular flexibility index (Phi) is 3.17. The smallest absolute Gasteiger partial charge is 0.310 e. The van der Waals surface area contributed by atoms with E-state index >= 15 is 0 Å². The topological polar surface area (TPSA) is 26.3 Å². The number of esters is 1. The van der Waals surface area contributed by atoms with Crippen molar-refractivity contribution >= 4 is 21.9 Å². The van der Waals surface area contributed by atoms with Crippen LogP contribution in [0.4, 0.5) is 0 Å². The van der Waals surface area contributed by atoms with E-state index in [1.165, 1.54) is 5.57 Å². The minimum atomic E-state index is -0.356. The van der Waals surface area contributed by atoms with Crippen molar-refractivity contribution in [2.24, 2.45) is 5.92 Å². The third kappa shape index (κ3) is 3.14. The van der Waals surface area contributed by atoms with Gasteiger partial charge in [-0.05, 0) is 38.6 Å². The Morgan fingerprint density at radius 2 is 2.08 bits per heavy atom. The molecule has 0 atom stereocenters. The van der Waals surface area contributed by atoms with Gasteiger partial charge in [-0.2, -0.15) is 0 Å². The first-order valence-corrected chi connectivity index (χ1v) is 5.35. The average molecular weight is 247 g/mol. The van der Waals surface area contributed by atoms with Crippen LogP contribution in [0.1, 0.15) is 33.6 Å². The highest BCUT2D eigenvalue weighted by Crippen LogP contribution is 2.35. The Balaban J connectivity index is 2.36. The molecule has 1 rings (SSSR count). The highest BCUT2D eigenvalue weighted by Gasteiger charge is 2.32. The van der Waals surface area contributed by atoms with Crippen LogP contribution in [0.5, 0.6) is 0 Å². The second-order valence-electron chi connectivity index (χ2n) is 4.41. The van der Waals surface area contributed by atoms with Gasteiger partial charge in [-0.25, -0.2) is 0 Å². The molecule has 1 saturated carbocycles. The maximum absolute atomic E-state index is 11.4. The van der Waals surface area contributed by atoms with Crippen molar-refractivity contribution in [3.05, 3.63) is 10.6 Å². The summed E-state index contributed by atoms with van der Waals surface area (Å²) in [5, 5.41) is 0. The van der Waals surface area contributed by atoms with E-state index in [2.05, 4.69) is 15.9 Å². The zero-order valence-electron chi connectivity index (χ0n) is 8.26. The first kappa shape index (κ1) is 10.8. The molecule has 0 bridgehead atoms. The maximum atomic E-state index is 11.4. The molecule has 1 aliphatic carbocycles. The fourth-order valence-electron chi connectivity index (χ4n) is 1.21. The van der Waals surface area contributed by atoms with E-state index in [9.17, 15) is 4.79 Å². The van der Waals surface area contributed by atoms with Gasteiger partial charge < -0.3 is 4.74 Å². The molecule has 74 valence electrons. The van der Waals surface area contributed by atoms with Crippen molar-refractivity contribution in [3.63, 3.8) is 0 Å². The molecule has 0 radical (unpaired) electrons. The fraction of sp³-hybridized carbons (Fsp3) is 0.700. The molecule has 0 saturated heterocycles. The molecule has 0 aromatic rings. The Bertz CT molecular complexity index is 230. The molecule has 0 amide bonds. The van der Waals surface area contributed by atoms with Crippen LogP contribution in [0.3, 0.4) is 0 Å². The van der Waals surface area contributed by atoms with Crippen LogP contribution in [-0.4, -0.2) is 11.6 Å². The molecule has 0 aliphatic heterocycles. The van der Waals surface area contributed by atoms with E-state index < -0.39 is 0 Å². The Morgan fingerprint density at radius 1 is 1.54 bits per heavy atom. The zero-order chi connectivity index (χ0) is 10.1. The van der Waals surface area contributed by atoms with Crippen LogP contribution >= 0.6 is 15.9 Å². The molecule has 0 spiro atoms. The summed E-state index contributed by atoms with van der Waals surface area (Å²) in [7, 11) is 0. The van der Waals surface area contributed by atoms with E-state index in [0.29, 0.717) is 0 Å². The number of hydrogen-bond acceptors (Lipinski definition) is 2. The minimum absolute atomic E-state index is 0.0643. The van der Waals surface area contributed by atoms with Gasteiger partial charge in [0.1, 0.15) is 5.60 Å². The molecule has 1 aliphatic rings. The van der Waals surface area contributed by atoms with Gasteiger partial charge in [0.2, 0.25) is 0 Å². The normalized spacial score (nSPS) is 22.2. The summed E-state index contributed by atoms with van der Waals surface area (Å²) in [5.41, 5.74) is 0.932. The van der Waals surface area contributed by atoms with Crippen molar-refractivity contribution in [1.82, 2.24) is 0 Å². The maximum Gasteiger partial charge on any atom is 0.310 e. The molecule has 0 unspecified atom stereocenters. The van der Waals surface area contributed by atoms with E-state index in [-0.39, 0.29) is 17.5 Å². The van der Waals surface area contributed by atoms with Gasteiger partial charge in [-0.1, -0.05) is 21.5 Å². The average Bonchev–Trinajstić information content (AvgIpc) is 1.79. The summed E-state index contributed by atoms with van der Waals surface area (Å²) in [6.07, 6.45) is 1.69. The Labute approximate surface area is 87.5 Å². The van der Waals surface area contributed by atoms with E-state index in [1.54, 1.807) is 0 Å². The van der Waals surface area contributed by atoms with Gasteiger partial charge in [0.15, 0.2) is 0 Å². The van der Waals surface area contributed by atoms with Crippen LogP contribution < -0.4 is 0 Å². The summed E-state index contributed by atoms with van der Waals surface area (Å²) < 4.78 is 5.25. The molecule has 3 heteroatoms. The Hall–Kier alpha value is -0.310. The first-order valence-electron chi connectivity index (χ1n) is 4.43. The summed E-state index contributed by atoms with van der Waals surface area (Å²) in [4.78, 5) is 13.3. The van der Waals surface area contributed by atoms with Crippen LogP contribution in [0.2, 0.25) is 0 Å². The summed E-state index contributed by atoms with van der Waals surface area (Å²) in [6.45, 7) is 5.68. The summed E-state index contributed by atoms with van der Waals surface area (Å²) in [5.74, 6) is 0.0219. The van der Waals surface area contributed by atoms with Gasteiger partial charge >= 0.3 is 5.97 Å². The van der Waals surface area contributed by atoms with Crippen LogP contribution in [0.15, 0.2) is 10.6 Å². The van der Waals surface area contributed by atoms with Crippen molar-refractivity contribution in [1.29, 1.82) is 0 Å². The summed E-state index contributed by atoms with van der Waals surface area (Å²) >= 11 is 3.25. The van der Waals surface area contributed by atoms with E-state index in [4.69, 9.17) is 4.74 Å². The van der Waals surface area contributed by atoms with E-state index in [0.717, 1.165) is 12.8 Å². The van der Waals surface area contributed by atoms with Crippen molar-refractivity contribution in [3.8, 4) is 0 Å². The van der Waals surface area contributed by atoms with Crippen LogP contribution in [0.25, 0.3) is 0 Å². The largest absolute Gasteiger partial charge is 0.460 e. The number of carbonyl (C=O) groups is 1. The number of allylic oxidation sites excluding steroid dienone is 1. The fourth-order valence-corrected chi connectivity index (χ4v) is 1.59. The van der Waals surface area contributed by atoms with Gasteiger partial charge in [-0.15, -0.1) is 0 Å². The number of carbonyl (C=O) groups excluding carboxylic acids is 1. The highest BCUT2D eigenvalue weighted by atomic mass is 79.9. The monoisotopic (exact) mass is 246 g/mol. The predicted octanol–water partition coefficient (Wildman–Crippen LogP) is 3.02. The van der Waals surface area contributed by atoms with Crippen LogP contribution in [-0.2, 0) is 9.53 Å². The molecule has 0 heterocycles. The third-order valence-corrected chi connectivity index (χ3v) is 2.56. The lowest BCUT2D eigenvalue weighted by atomic mass is 9.81. The van der Waals surface area contributed by atoms with Crippen molar-refractivity contribution in [2.75, 3.05) is 0 Å². The SMILES string of the molecule is CC(C)(C)OC(=O)C1CC(=CBr)C1. The molecular weight excluding hydrogens is 232 g/mol. The quantitative estimate of drug-likeness (QED) is 0.666. The van der Waals surface area contributed by atoms with E-state index in [1.807, 2.05) is 25.8 Å². The van der Waals surface area contributed by atoms with Gasteiger partial charge in [0.25, 0.3) is 0 Å². The minimum Gasteiger partial charge on any atom is -0.460 e. The molecule has 2 nitrogen and oxygen atoms in total. The lowest BCUT2D eigenvalue weighted by Gasteiger charge is -2.30. The van der Waals surface area contributed by atoms with Crippen molar-refractivity contribution < 1.29 is 9.53 Å². The van der Waals surface area contributed by atoms with Crippen molar-refractivity contribution in [2.45, 2.75) is 39.2 Å². The number of hydrogen-bond donors (Lipinski definition) is 0. The molecule has 0 aromatic carbocycles. The molecule has 0 N–H and O–H groups in total. The molecule has 0 aromatic heterocycles. The highest BCUT2D eigenvalue weighted by molar-refractivity contribution is 9.11. The third-order valence-electron chi connectivity index (χ3n) is 1.91. The predicted molar refractivity (Wildman–Crippen MR) is 55.6 cm³/mol. The number of rotatable bonds is 1. The van der Waals surface area contributed by atoms with Gasteiger partial charge in [0, 0.05) is 0 Å². The lowest BCUT2D eigenvalue weighted by Crippen LogP contribution is -2.32. The molecule has 1 fully saturated rings. The standard InChI is InChI=1S/C10H15BrO2/c1-10(2,3)13-9(12)8-4-7(5-8)6-11/h6,8H,4-5H2,1-3H3. The lowest BCUT2D eigenvalue weighted by molar-refractivity contribution is -0.161. The molecule has 13 heavy (non-hydrogen) atoms. The summed E-state index contributed by atoms with van der Waals surface area (Å²) in [6, 6.07) is 0.